The summed E-state index contributed by atoms with van der Waals surface area (Å²) in [7, 11) is 0. The van der Waals surface area contributed by atoms with E-state index in [1.54, 1.807) is 30.3 Å². The van der Waals surface area contributed by atoms with E-state index in [0.29, 0.717) is 28.8 Å². The second kappa shape index (κ2) is 6.58. The minimum Gasteiger partial charge on any atom is -0.484 e. The Morgan fingerprint density at radius 3 is 2.91 bits per heavy atom. The minimum absolute atomic E-state index is 0.0692. The molecule has 1 heterocycles. The second-order valence-corrected chi connectivity index (χ2v) is 5.15. The van der Waals surface area contributed by atoms with Crippen LogP contribution < -0.4 is 19.5 Å². The Bertz CT molecular complexity index is 690. The van der Waals surface area contributed by atoms with E-state index in [0.717, 1.165) is 5.56 Å². The molecule has 0 aromatic heterocycles. The number of carbonyl (C=O) groups is 1. The fourth-order valence-electron chi connectivity index (χ4n) is 2.01. The predicted octanol–water partition coefficient (Wildman–Crippen LogP) is 2.76. The Hall–Kier alpha value is -2.40. The molecule has 0 aliphatic carbocycles. The number of amides is 1. The van der Waals surface area contributed by atoms with Crippen molar-refractivity contribution in [2.45, 2.75) is 6.54 Å². The summed E-state index contributed by atoms with van der Waals surface area (Å²) in [4.78, 5) is 11.8. The van der Waals surface area contributed by atoms with Crippen LogP contribution in [0.2, 0.25) is 5.02 Å². The van der Waals surface area contributed by atoms with E-state index < -0.39 is 0 Å². The number of hydrogen-bond acceptors (Lipinski definition) is 4. The van der Waals surface area contributed by atoms with Crippen molar-refractivity contribution in [3.05, 3.63) is 53.1 Å². The highest BCUT2D eigenvalue weighted by molar-refractivity contribution is 6.30. The van der Waals surface area contributed by atoms with E-state index in [2.05, 4.69) is 5.32 Å². The number of hydrogen-bond donors (Lipinski definition) is 1. The lowest BCUT2D eigenvalue weighted by Gasteiger charge is -2.08. The maximum absolute atomic E-state index is 11.8. The molecule has 114 valence electrons. The first-order valence-electron chi connectivity index (χ1n) is 6.74. The molecule has 0 radical (unpaired) electrons. The molecule has 3 rings (SSSR count). The van der Waals surface area contributed by atoms with Crippen molar-refractivity contribution in [1.29, 1.82) is 0 Å². The van der Waals surface area contributed by atoms with Crippen LogP contribution in [0.5, 0.6) is 17.2 Å². The molecule has 1 N–H and O–H groups in total. The molecule has 2 aromatic carbocycles. The van der Waals surface area contributed by atoms with Crippen LogP contribution in [0.3, 0.4) is 0 Å². The van der Waals surface area contributed by atoms with Crippen LogP contribution in [-0.4, -0.2) is 19.3 Å². The van der Waals surface area contributed by atoms with Gasteiger partial charge in [-0.1, -0.05) is 23.7 Å². The molecule has 0 unspecified atom stereocenters. The van der Waals surface area contributed by atoms with Crippen LogP contribution in [0.1, 0.15) is 5.56 Å². The number of halogens is 1. The summed E-state index contributed by atoms with van der Waals surface area (Å²) in [6, 6.07) is 12.5. The maximum Gasteiger partial charge on any atom is 0.258 e. The lowest BCUT2D eigenvalue weighted by molar-refractivity contribution is -0.123. The first kappa shape index (κ1) is 14.5. The van der Waals surface area contributed by atoms with Crippen molar-refractivity contribution in [2.75, 3.05) is 13.4 Å². The summed E-state index contributed by atoms with van der Waals surface area (Å²) in [5.74, 6) is 1.65. The molecule has 0 atom stereocenters. The number of benzene rings is 2. The average Bonchev–Trinajstić information content (AvgIpc) is 2.98. The van der Waals surface area contributed by atoms with Crippen LogP contribution >= 0.6 is 11.6 Å². The summed E-state index contributed by atoms with van der Waals surface area (Å²) in [5, 5.41) is 3.41. The van der Waals surface area contributed by atoms with E-state index in [-0.39, 0.29) is 19.3 Å². The van der Waals surface area contributed by atoms with Gasteiger partial charge in [0.25, 0.3) is 5.91 Å². The molecule has 1 aliphatic heterocycles. The Kier molecular flexibility index (Phi) is 4.34. The first-order valence-corrected chi connectivity index (χ1v) is 7.12. The monoisotopic (exact) mass is 319 g/mol. The minimum atomic E-state index is -0.211. The second-order valence-electron chi connectivity index (χ2n) is 4.71. The Balaban J connectivity index is 1.48. The highest BCUT2D eigenvalue weighted by Gasteiger charge is 2.14. The van der Waals surface area contributed by atoms with Gasteiger partial charge >= 0.3 is 0 Å². The largest absolute Gasteiger partial charge is 0.484 e. The quantitative estimate of drug-likeness (QED) is 0.920. The highest BCUT2D eigenvalue weighted by Crippen LogP contribution is 2.34. The number of nitrogens with one attached hydrogen (secondary N) is 1. The standard InChI is InChI=1S/C16H14ClNO4/c17-12-3-1-2-11(6-12)8-18-16(19)9-20-13-4-5-14-15(7-13)22-10-21-14/h1-7H,8-10H2,(H,18,19). The van der Waals surface area contributed by atoms with Gasteiger partial charge in [0, 0.05) is 17.6 Å². The fourth-order valence-corrected chi connectivity index (χ4v) is 2.23. The van der Waals surface area contributed by atoms with Gasteiger partial charge in [-0.25, -0.2) is 0 Å². The maximum atomic E-state index is 11.8. The summed E-state index contributed by atoms with van der Waals surface area (Å²) >= 11 is 5.89. The number of fused-ring (bicyclic) bond motifs is 1. The number of carbonyl (C=O) groups excluding carboxylic acids is 1. The zero-order valence-electron chi connectivity index (χ0n) is 11.7. The first-order chi connectivity index (χ1) is 10.7. The summed E-state index contributed by atoms with van der Waals surface area (Å²) in [5.41, 5.74) is 0.934. The molecule has 0 saturated carbocycles. The molecule has 2 aromatic rings. The van der Waals surface area contributed by atoms with Gasteiger partial charge in [-0.15, -0.1) is 0 Å². The van der Waals surface area contributed by atoms with Crippen LogP contribution in [0.25, 0.3) is 0 Å². The zero-order valence-corrected chi connectivity index (χ0v) is 12.4. The third kappa shape index (κ3) is 3.62. The predicted molar refractivity (Wildman–Crippen MR) is 81.4 cm³/mol. The van der Waals surface area contributed by atoms with Crippen LogP contribution in [0.4, 0.5) is 0 Å². The lowest BCUT2D eigenvalue weighted by atomic mass is 10.2. The van der Waals surface area contributed by atoms with E-state index in [4.69, 9.17) is 25.8 Å². The number of rotatable bonds is 5. The smallest absolute Gasteiger partial charge is 0.258 e. The highest BCUT2D eigenvalue weighted by atomic mass is 35.5. The molecule has 22 heavy (non-hydrogen) atoms. The Morgan fingerprint density at radius 2 is 2.05 bits per heavy atom. The van der Waals surface area contributed by atoms with Crippen molar-refractivity contribution in [2.24, 2.45) is 0 Å². The van der Waals surface area contributed by atoms with Gasteiger partial charge in [0.05, 0.1) is 0 Å². The molecule has 5 nitrogen and oxygen atoms in total. The molecular weight excluding hydrogens is 306 g/mol. The van der Waals surface area contributed by atoms with Gasteiger partial charge in [-0.3, -0.25) is 4.79 Å². The van der Waals surface area contributed by atoms with Crippen molar-refractivity contribution >= 4 is 17.5 Å². The third-order valence-corrected chi connectivity index (χ3v) is 3.33. The molecule has 0 bridgehead atoms. The van der Waals surface area contributed by atoms with Gasteiger partial charge in [-0.05, 0) is 29.8 Å². The SMILES string of the molecule is O=C(COc1ccc2c(c1)OCO2)NCc1cccc(Cl)c1. The Labute approximate surface area is 132 Å². The van der Waals surface area contributed by atoms with Crippen LogP contribution in [0, 0.1) is 0 Å². The zero-order chi connectivity index (χ0) is 15.4. The lowest BCUT2D eigenvalue weighted by Crippen LogP contribution is -2.28. The van der Waals surface area contributed by atoms with Crippen molar-refractivity contribution in [1.82, 2.24) is 5.32 Å². The van der Waals surface area contributed by atoms with Crippen LogP contribution in [0.15, 0.2) is 42.5 Å². The number of ether oxygens (including phenoxy) is 3. The molecule has 6 heteroatoms. The normalized spacial score (nSPS) is 12.0. The summed E-state index contributed by atoms with van der Waals surface area (Å²) in [6.45, 7) is 0.545. The van der Waals surface area contributed by atoms with Gasteiger partial charge < -0.3 is 19.5 Å². The average molecular weight is 320 g/mol. The fraction of sp³-hybridized carbons (Fsp3) is 0.188. The van der Waals surface area contributed by atoms with Crippen molar-refractivity contribution < 1.29 is 19.0 Å². The molecule has 0 spiro atoms. The Morgan fingerprint density at radius 1 is 1.18 bits per heavy atom. The summed E-state index contributed by atoms with van der Waals surface area (Å²) in [6.07, 6.45) is 0. The molecular formula is C16H14ClNO4. The summed E-state index contributed by atoms with van der Waals surface area (Å²) < 4.78 is 15.9. The van der Waals surface area contributed by atoms with E-state index in [1.807, 2.05) is 12.1 Å². The van der Waals surface area contributed by atoms with Gasteiger partial charge in [-0.2, -0.15) is 0 Å². The molecule has 1 aliphatic rings. The van der Waals surface area contributed by atoms with E-state index in [1.165, 1.54) is 0 Å². The molecule has 1 amide bonds. The van der Waals surface area contributed by atoms with Crippen molar-refractivity contribution in [3.63, 3.8) is 0 Å². The van der Waals surface area contributed by atoms with Gasteiger partial charge in [0.2, 0.25) is 6.79 Å². The topological polar surface area (TPSA) is 56.8 Å². The van der Waals surface area contributed by atoms with Crippen molar-refractivity contribution in [3.8, 4) is 17.2 Å². The van der Waals surface area contributed by atoms with E-state index in [9.17, 15) is 4.79 Å². The van der Waals surface area contributed by atoms with Crippen LogP contribution in [-0.2, 0) is 11.3 Å². The van der Waals surface area contributed by atoms with E-state index >= 15 is 0 Å². The third-order valence-electron chi connectivity index (χ3n) is 3.09. The van der Waals surface area contributed by atoms with Gasteiger partial charge in [0.15, 0.2) is 18.1 Å². The van der Waals surface area contributed by atoms with Gasteiger partial charge in [0.1, 0.15) is 5.75 Å². The molecule has 0 saturated heterocycles. The molecule has 0 fully saturated rings.